The maximum atomic E-state index is 12.0. The van der Waals surface area contributed by atoms with Gasteiger partial charge in [0.25, 0.3) is 5.91 Å². The number of hydrogen-bond donors (Lipinski definition) is 0. The normalized spacial score (nSPS) is 20.3. The van der Waals surface area contributed by atoms with Crippen molar-refractivity contribution in [2.75, 3.05) is 6.54 Å². The molecule has 1 fully saturated rings. The van der Waals surface area contributed by atoms with Gasteiger partial charge in [0, 0.05) is 6.54 Å². The first-order chi connectivity index (χ1) is 7.22. The van der Waals surface area contributed by atoms with Gasteiger partial charge in [-0.1, -0.05) is 11.6 Å². The fourth-order valence-corrected chi connectivity index (χ4v) is 2.71. The van der Waals surface area contributed by atoms with Gasteiger partial charge in [-0.15, -0.1) is 11.3 Å². The maximum absolute atomic E-state index is 12.0. The highest BCUT2D eigenvalue weighted by Gasteiger charge is 2.29. The van der Waals surface area contributed by atoms with Crippen molar-refractivity contribution in [3.8, 4) is 6.07 Å². The highest BCUT2D eigenvalue weighted by molar-refractivity contribution is 7.17. The molecule has 1 saturated heterocycles. The van der Waals surface area contributed by atoms with Gasteiger partial charge in [0.15, 0.2) is 0 Å². The highest BCUT2D eigenvalue weighted by Crippen LogP contribution is 2.26. The van der Waals surface area contributed by atoms with E-state index in [0.717, 1.165) is 12.8 Å². The molecule has 2 heterocycles. The summed E-state index contributed by atoms with van der Waals surface area (Å²) in [6, 6.07) is 5.30. The van der Waals surface area contributed by atoms with Crippen LogP contribution in [0.3, 0.4) is 0 Å². The molecular formula is C10H9ClN2OS. The Bertz CT molecular complexity index is 423. The molecule has 0 aromatic carbocycles. The van der Waals surface area contributed by atoms with Gasteiger partial charge in [-0.3, -0.25) is 4.79 Å². The summed E-state index contributed by atoms with van der Waals surface area (Å²) in [5, 5.41) is 8.87. The van der Waals surface area contributed by atoms with Crippen LogP contribution in [0, 0.1) is 11.3 Å². The standard InChI is InChI=1S/C10H9ClN2OS/c11-9-4-3-8(15-9)10(14)13-5-1-2-7(13)6-12/h3-4,7H,1-2,5H2. The molecule has 1 unspecified atom stereocenters. The number of halogens is 1. The summed E-state index contributed by atoms with van der Waals surface area (Å²) in [4.78, 5) is 14.2. The Balaban J connectivity index is 2.18. The van der Waals surface area contributed by atoms with E-state index in [2.05, 4.69) is 6.07 Å². The van der Waals surface area contributed by atoms with E-state index in [1.807, 2.05) is 0 Å². The molecule has 1 atom stereocenters. The van der Waals surface area contributed by atoms with E-state index >= 15 is 0 Å². The van der Waals surface area contributed by atoms with Crippen molar-refractivity contribution in [3.63, 3.8) is 0 Å². The van der Waals surface area contributed by atoms with Crippen LogP contribution in [-0.4, -0.2) is 23.4 Å². The zero-order chi connectivity index (χ0) is 10.8. The molecule has 5 heteroatoms. The van der Waals surface area contributed by atoms with Gasteiger partial charge in [-0.2, -0.15) is 5.26 Å². The third-order valence-corrected chi connectivity index (χ3v) is 3.67. The largest absolute Gasteiger partial charge is 0.322 e. The second-order valence-electron chi connectivity index (χ2n) is 3.39. The first-order valence-corrected chi connectivity index (χ1v) is 5.88. The summed E-state index contributed by atoms with van der Waals surface area (Å²) >= 11 is 7.02. The minimum absolute atomic E-state index is 0.0732. The van der Waals surface area contributed by atoms with E-state index in [-0.39, 0.29) is 11.9 Å². The van der Waals surface area contributed by atoms with Gasteiger partial charge in [-0.05, 0) is 25.0 Å². The van der Waals surface area contributed by atoms with Crippen LogP contribution in [-0.2, 0) is 0 Å². The van der Waals surface area contributed by atoms with E-state index in [9.17, 15) is 4.79 Å². The Kier molecular flexibility index (Phi) is 2.94. The SMILES string of the molecule is N#CC1CCCN1C(=O)c1ccc(Cl)s1. The average molecular weight is 241 g/mol. The fourth-order valence-electron chi connectivity index (χ4n) is 1.71. The van der Waals surface area contributed by atoms with Gasteiger partial charge >= 0.3 is 0 Å². The predicted octanol–water partition coefficient (Wildman–Crippen LogP) is 2.53. The van der Waals surface area contributed by atoms with Gasteiger partial charge in [0.1, 0.15) is 6.04 Å². The number of carbonyl (C=O) groups excluding carboxylic acids is 1. The van der Waals surface area contributed by atoms with Gasteiger partial charge in [0.05, 0.1) is 15.3 Å². The number of thiophene rings is 1. The van der Waals surface area contributed by atoms with E-state index in [4.69, 9.17) is 16.9 Å². The van der Waals surface area contributed by atoms with Crippen LogP contribution in [0.4, 0.5) is 0 Å². The molecule has 0 saturated carbocycles. The average Bonchev–Trinajstić information content (AvgIpc) is 2.84. The molecule has 0 N–H and O–H groups in total. The first kappa shape index (κ1) is 10.5. The Hall–Kier alpha value is -1.05. The third kappa shape index (κ3) is 1.99. The smallest absolute Gasteiger partial charge is 0.265 e. The van der Waals surface area contributed by atoms with E-state index in [1.165, 1.54) is 11.3 Å². The molecule has 15 heavy (non-hydrogen) atoms. The number of hydrogen-bond acceptors (Lipinski definition) is 3. The molecule has 1 aliphatic heterocycles. The summed E-state index contributed by atoms with van der Waals surface area (Å²) < 4.78 is 0.603. The number of amides is 1. The van der Waals surface area contributed by atoms with Crippen molar-refractivity contribution >= 4 is 28.8 Å². The molecule has 1 aromatic heterocycles. The summed E-state index contributed by atoms with van der Waals surface area (Å²) in [6.07, 6.45) is 1.68. The Labute approximate surface area is 96.9 Å². The van der Waals surface area contributed by atoms with Gasteiger partial charge < -0.3 is 4.90 Å². The third-order valence-electron chi connectivity index (χ3n) is 2.45. The second kappa shape index (κ2) is 4.21. The Morgan fingerprint density at radius 3 is 3.07 bits per heavy atom. The van der Waals surface area contributed by atoms with E-state index in [1.54, 1.807) is 17.0 Å². The van der Waals surface area contributed by atoms with Crippen LogP contribution < -0.4 is 0 Å². The second-order valence-corrected chi connectivity index (χ2v) is 5.10. The number of carbonyl (C=O) groups is 1. The van der Waals surface area contributed by atoms with Crippen LogP contribution in [0.5, 0.6) is 0 Å². The van der Waals surface area contributed by atoms with Crippen molar-refractivity contribution in [3.05, 3.63) is 21.3 Å². The zero-order valence-corrected chi connectivity index (χ0v) is 9.51. The molecule has 0 aliphatic carbocycles. The van der Waals surface area contributed by atoms with Crippen LogP contribution in [0.25, 0.3) is 0 Å². The Morgan fingerprint density at radius 1 is 1.67 bits per heavy atom. The molecule has 3 nitrogen and oxygen atoms in total. The molecule has 2 rings (SSSR count). The fraction of sp³-hybridized carbons (Fsp3) is 0.400. The molecule has 1 amide bonds. The minimum Gasteiger partial charge on any atom is -0.322 e. The van der Waals surface area contributed by atoms with Crippen LogP contribution in [0.2, 0.25) is 4.34 Å². The molecule has 0 bridgehead atoms. The lowest BCUT2D eigenvalue weighted by Crippen LogP contribution is -2.34. The minimum atomic E-state index is -0.265. The van der Waals surface area contributed by atoms with Crippen LogP contribution >= 0.6 is 22.9 Å². The number of nitriles is 1. The molecule has 1 aromatic rings. The van der Waals surface area contributed by atoms with Crippen molar-refractivity contribution in [2.45, 2.75) is 18.9 Å². The lowest BCUT2D eigenvalue weighted by molar-refractivity contribution is 0.0770. The number of likely N-dealkylation sites (tertiary alicyclic amines) is 1. The van der Waals surface area contributed by atoms with E-state index in [0.29, 0.717) is 15.8 Å². The van der Waals surface area contributed by atoms with Crippen LogP contribution in [0.1, 0.15) is 22.5 Å². The lowest BCUT2D eigenvalue weighted by Gasteiger charge is -2.18. The van der Waals surface area contributed by atoms with Crippen molar-refractivity contribution in [1.82, 2.24) is 4.90 Å². The molecule has 78 valence electrons. The molecular weight excluding hydrogens is 232 g/mol. The highest BCUT2D eigenvalue weighted by atomic mass is 35.5. The summed E-state index contributed by atoms with van der Waals surface area (Å²) in [6.45, 7) is 0.673. The number of rotatable bonds is 1. The summed E-state index contributed by atoms with van der Waals surface area (Å²) in [7, 11) is 0. The van der Waals surface area contributed by atoms with Crippen molar-refractivity contribution < 1.29 is 4.79 Å². The number of nitrogens with zero attached hydrogens (tertiary/aromatic N) is 2. The van der Waals surface area contributed by atoms with Crippen molar-refractivity contribution in [2.24, 2.45) is 0 Å². The monoisotopic (exact) mass is 240 g/mol. The topological polar surface area (TPSA) is 44.1 Å². The lowest BCUT2D eigenvalue weighted by atomic mass is 10.2. The molecule has 1 aliphatic rings. The zero-order valence-electron chi connectivity index (χ0n) is 7.94. The maximum Gasteiger partial charge on any atom is 0.265 e. The van der Waals surface area contributed by atoms with Crippen LogP contribution in [0.15, 0.2) is 12.1 Å². The quantitative estimate of drug-likeness (QED) is 0.757. The Morgan fingerprint density at radius 2 is 2.47 bits per heavy atom. The van der Waals surface area contributed by atoms with E-state index < -0.39 is 0 Å². The van der Waals surface area contributed by atoms with Gasteiger partial charge in [0.2, 0.25) is 0 Å². The van der Waals surface area contributed by atoms with Gasteiger partial charge in [-0.25, -0.2) is 0 Å². The summed E-state index contributed by atoms with van der Waals surface area (Å²) in [5.41, 5.74) is 0. The van der Waals surface area contributed by atoms with Crippen molar-refractivity contribution in [1.29, 1.82) is 5.26 Å². The first-order valence-electron chi connectivity index (χ1n) is 4.68. The summed E-state index contributed by atoms with van der Waals surface area (Å²) in [5.74, 6) is -0.0732. The molecule has 0 radical (unpaired) electrons. The predicted molar refractivity (Wildman–Crippen MR) is 59.0 cm³/mol. The molecule has 0 spiro atoms.